The van der Waals surface area contributed by atoms with Crippen molar-refractivity contribution in [2.45, 2.75) is 11.7 Å². The molecule has 0 fully saturated rings. The van der Waals surface area contributed by atoms with Gasteiger partial charge in [-0.15, -0.1) is 0 Å². The normalized spacial score (nSPS) is 10.7. The zero-order chi connectivity index (χ0) is 23.2. The zero-order valence-corrected chi connectivity index (χ0v) is 19.0. The lowest BCUT2D eigenvalue weighted by molar-refractivity contribution is -0.113. The van der Waals surface area contributed by atoms with E-state index in [-0.39, 0.29) is 17.2 Å². The molecule has 2 aromatic heterocycles. The number of nitrogens with zero attached hydrogens (tertiary/aromatic N) is 3. The molecule has 0 bridgehead atoms. The summed E-state index contributed by atoms with van der Waals surface area (Å²) in [4.78, 5) is 34.6. The molecule has 0 radical (unpaired) electrons. The average Bonchev–Trinajstić information content (AvgIpc) is 2.85. The summed E-state index contributed by atoms with van der Waals surface area (Å²) in [6, 6.07) is 18.0. The number of carbonyl (C=O) groups is 1. The Morgan fingerprint density at radius 3 is 2.58 bits per heavy atom. The minimum atomic E-state index is -0.223. The van der Waals surface area contributed by atoms with E-state index in [1.54, 1.807) is 61.4 Å². The summed E-state index contributed by atoms with van der Waals surface area (Å²) in [5.41, 5.74) is 1.68. The monoisotopic (exact) mass is 462 g/mol. The van der Waals surface area contributed by atoms with Crippen LogP contribution in [0.25, 0.3) is 11.0 Å². The van der Waals surface area contributed by atoms with Gasteiger partial charge in [0.25, 0.3) is 5.56 Å². The van der Waals surface area contributed by atoms with Crippen LogP contribution in [0.3, 0.4) is 0 Å². The minimum absolute atomic E-state index is 0.0740. The number of thioether (sulfide) groups is 1. The number of rotatable bonds is 8. The number of nitrogens with one attached hydrogen (secondary N) is 1. The first kappa shape index (κ1) is 22.3. The van der Waals surface area contributed by atoms with Crippen LogP contribution in [0.15, 0.2) is 76.8 Å². The molecule has 2 heterocycles. The van der Waals surface area contributed by atoms with Crippen LogP contribution in [-0.2, 0) is 11.3 Å². The van der Waals surface area contributed by atoms with Crippen LogP contribution in [0.5, 0.6) is 11.5 Å². The molecule has 0 spiro atoms. The van der Waals surface area contributed by atoms with E-state index in [1.807, 2.05) is 24.3 Å². The first-order chi connectivity index (χ1) is 16.1. The molecule has 0 aliphatic rings. The highest BCUT2D eigenvalue weighted by molar-refractivity contribution is 7.99. The second-order valence-corrected chi connectivity index (χ2v) is 8.02. The maximum Gasteiger partial charge on any atom is 0.263 e. The third kappa shape index (κ3) is 5.32. The van der Waals surface area contributed by atoms with Gasteiger partial charge in [0.15, 0.2) is 10.8 Å². The predicted octanol–water partition coefficient (Wildman–Crippen LogP) is 3.59. The van der Waals surface area contributed by atoms with Gasteiger partial charge in [0.1, 0.15) is 11.5 Å². The highest BCUT2D eigenvalue weighted by atomic mass is 32.2. The van der Waals surface area contributed by atoms with Gasteiger partial charge < -0.3 is 14.8 Å². The molecule has 0 unspecified atom stereocenters. The number of fused-ring (bicyclic) bond motifs is 1. The van der Waals surface area contributed by atoms with Gasteiger partial charge in [0, 0.05) is 18.0 Å². The quantitative estimate of drug-likeness (QED) is 0.316. The Bertz CT molecular complexity index is 1340. The van der Waals surface area contributed by atoms with Crippen LogP contribution in [-0.4, -0.2) is 40.4 Å². The Kier molecular flexibility index (Phi) is 6.89. The number of benzene rings is 2. The minimum Gasteiger partial charge on any atom is -0.497 e. The summed E-state index contributed by atoms with van der Waals surface area (Å²) >= 11 is 1.18. The van der Waals surface area contributed by atoms with Crippen molar-refractivity contribution in [3.8, 4) is 11.5 Å². The molecule has 0 atom stereocenters. The van der Waals surface area contributed by atoms with Crippen LogP contribution >= 0.6 is 11.8 Å². The van der Waals surface area contributed by atoms with Gasteiger partial charge in [-0.1, -0.05) is 30.0 Å². The Morgan fingerprint density at radius 1 is 1.03 bits per heavy atom. The number of pyridine rings is 1. The van der Waals surface area contributed by atoms with Crippen molar-refractivity contribution < 1.29 is 14.3 Å². The molecule has 0 aliphatic heterocycles. The van der Waals surface area contributed by atoms with Crippen molar-refractivity contribution in [3.63, 3.8) is 0 Å². The van der Waals surface area contributed by atoms with E-state index in [0.29, 0.717) is 34.2 Å². The fourth-order valence-electron chi connectivity index (χ4n) is 3.23. The molecular formula is C24H22N4O4S. The van der Waals surface area contributed by atoms with Crippen LogP contribution in [0.4, 0.5) is 5.69 Å². The largest absolute Gasteiger partial charge is 0.497 e. The molecule has 4 rings (SSSR count). The first-order valence-electron chi connectivity index (χ1n) is 10.1. The summed E-state index contributed by atoms with van der Waals surface area (Å²) in [7, 11) is 3.17. The van der Waals surface area contributed by atoms with E-state index in [9.17, 15) is 9.59 Å². The fraction of sp³-hybridized carbons (Fsp3) is 0.167. The average molecular weight is 463 g/mol. The third-order valence-electron chi connectivity index (χ3n) is 4.88. The number of hydrogen-bond acceptors (Lipinski definition) is 7. The van der Waals surface area contributed by atoms with E-state index in [1.165, 1.54) is 11.8 Å². The van der Waals surface area contributed by atoms with Crippen molar-refractivity contribution in [2.75, 3.05) is 25.3 Å². The van der Waals surface area contributed by atoms with Crippen molar-refractivity contribution >= 4 is 34.4 Å². The van der Waals surface area contributed by atoms with Gasteiger partial charge in [0.2, 0.25) is 5.91 Å². The molecule has 0 saturated heterocycles. The molecule has 0 aliphatic carbocycles. The second kappa shape index (κ2) is 10.2. The summed E-state index contributed by atoms with van der Waals surface area (Å²) < 4.78 is 12.0. The van der Waals surface area contributed by atoms with Crippen LogP contribution < -0.4 is 20.3 Å². The lowest BCUT2D eigenvalue weighted by Crippen LogP contribution is -2.25. The van der Waals surface area contributed by atoms with E-state index in [2.05, 4.69) is 15.3 Å². The second-order valence-electron chi connectivity index (χ2n) is 7.08. The summed E-state index contributed by atoms with van der Waals surface area (Å²) in [6.07, 6.45) is 1.59. The SMILES string of the molecule is COc1ccc(Cn2c(SCC(=O)Nc3cccc(OC)c3)nc3ncccc3c2=O)cc1. The van der Waals surface area contributed by atoms with Gasteiger partial charge >= 0.3 is 0 Å². The summed E-state index contributed by atoms with van der Waals surface area (Å²) in [5, 5.41) is 3.68. The summed E-state index contributed by atoms with van der Waals surface area (Å²) in [5.74, 6) is 1.23. The molecule has 0 saturated carbocycles. The molecule has 4 aromatic rings. The predicted molar refractivity (Wildman–Crippen MR) is 128 cm³/mol. The standard InChI is InChI=1S/C24H22N4O4S/c1-31-18-10-8-16(9-11-18)14-28-23(30)20-7-4-12-25-22(20)27-24(28)33-15-21(29)26-17-5-3-6-19(13-17)32-2/h3-13H,14-15H2,1-2H3,(H,26,29). The molecule has 8 nitrogen and oxygen atoms in total. The maximum atomic E-state index is 13.2. The topological polar surface area (TPSA) is 95.3 Å². The molecule has 1 N–H and O–H groups in total. The Balaban J connectivity index is 1.59. The van der Waals surface area contributed by atoms with Crippen molar-refractivity contribution in [1.29, 1.82) is 0 Å². The van der Waals surface area contributed by atoms with Gasteiger partial charge in [-0.3, -0.25) is 14.2 Å². The maximum absolute atomic E-state index is 13.2. The van der Waals surface area contributed by atoms with E-state index in [4.69, 9.17) is 9.47 Å². The Labute approximate surface area is 194 Å². The lowest BCUT2D eigenvalue weighted by Gasteiger charge is -2.13. The summed E-state index contributed by atoms with van der Waals surface area (Å²) in [6.45, 7) is 0.306. The Morgan fingerprint density at radius 2 is 1.82 bits per heavy atom. The van der Waals surface area contributed by atoms with E-state index >= 15 is 0 Å². The number of anilines is 1. The van der Waals surface area contributed by atoms with Gasteiger partial charge in [-0.2, -0.15) is 0 Å². The van der Waals surface area contributed by atoms with Gasteiger partial charge in [-0.05, 0) is 42.0 Å². The van der Waals surface area contributed by atoms with Crippen LogP contribution in [0, 0.1) is 0 Å². The molecular weight excluding hydrogens is 440 g/mol. The third-order valence-corrected chi connectivity index (χ3v) is 5.86. The van der Waals surface area contributed by atoms with Crippen molar-refractivity contribution in [1.82, 2.24) is 14.5 Å². The number of ether oxygens (including phenoxy) is 2. The first-order valence-corrected chi connectivity index (χ1v) is 11.1. The lowest BCUT2D eigenvalue weighted by atomic mass is 10.2. The number of methoxy groups -OCH3 is 2. The van der Waals surface area contributed by atoms with E-state index in [0.717, 1.165) is 11.3 Å². The van der Waals surface area contributed by atoms with Crippen LogP contribution in [0.1, 0.15) is 5.56 Å². The highest BCUT2D eigenvalue weighted by Gasteiger charge is 2.15. The van der Waals surface area contributed by atoms with Gasteiger partial charge in [0.05, 0.1) is 31.9 Å². The number of hydrogen-bond donors (Lipinski definition) is 1. The molecule has 1 amide bonds. The van der Waals surface area contributed by atoms with E-state index < -0.39 is 0 Å². The Hall–Kier alpha value is -3.85. The highest BCUT2D eigenvalue weighted by Crippen LogP contribution is 2.21. The fourth-order valence-corrected chi connectivity index (χ4v) is 4.01. The molecule has 168 valence electrons. The van der Waals surface area contributed by atoms with Crippen molar-refractivity contribution in [3.05, 3.63) is 82.8 Å². The zero-order valence-electron chi connectivity index (χ0n) is 18.1. The van der Waals surface area contributed by atoms with Crippen molar-refractivity contribution in [2.24, 2.45) is 0 Å². The molecule has 33 heavy (non-hydrogen) atoms. The number of amides is 1. The van der Waals surface area contributed by atoms with Crippen LogP contribution in [0.2, 0.25) is 0 Å². The number of aromatic nitrogens is 3. The smallest absolute Gasteiger partial charge is 0.263 e. The number of carbonyl (C=O) groups excluding carboxylic acids is 1. The van der Waals surface area contributed by atoms with Gasteiger partial charge in [-0.25, -0.2) is 9.97 Å². The molecule has 2 aromatic carbocycles. The molecule has 9 heteroatoms.